The van der Waals surface area contributed by atoms with Gasteiger partial charge in [-0.2, -0.15) is 0 Å². The molecule has 0 aliphatic rings. The Kier molecular flexibility index (Phi) is 7.50. The summed E-state index contributed by atoms with van der Waals surface area (Å²) in [7, 11) is -1.24. The van der Waals surface area contributed by atoms with Gasteiger partial charge in [-0.25, -0.2) is 9.48 Å². The first-order valence-corrected chi connectivity index (χ1v) is 10.1. The van der Waals surface area contributed by atoms with Gasteiger partial charge in [0.05, 0.1) is 6.10 Å². The van der Waals surface area contributed by atoms with Crippen LogP contribution in [0.2, 0.25) is 0 Å². The normalized spacial score (nSPS) is 12.0. The predicted molar refractivity (Wildman–Crippen MR) is 95.5 cm³/mol. The zero-order valence-electron chi connectivity index (χ0n) is 13.4. The second-order valence-corrected chi connectivity index (χ2v) is 8.29. The van der Waals surface area contributed by atoms with Gasteiger partial charge in [0.2, 0.25) is 7.50 Å². The summed E-state index contributed by atoms with van der Waals surface area (Å²) < 4.78 is 24.1. The smallest absolute Gasteiger partial charge is 0.320 e. The first-order chi connectivity index (χ1) is 11.5. The van der Waals surface area contributed by atoms with Gasteiger partial charge in [-0.3, -0.25) is 4.79 Å². The summed E-state index contributed by atoms with van der Waals surface area (Å²) in [4.78, 5) is 12.6. The molecule has 1 unspecified atom stereocenters. The van der Waals surface area contributed by atoms with Crippen LogP contribution in [-0.4, -0.2) is 18.6 Å². The third kappa shape index (κ3) is 6.87. The quantitative estimate of drug-likeness (QED) is 0.538. The SMILES string of the molecule is CC(C)OC(=O)CNP(Oc1ccccc1)Sc1ccc(F)cc1. The third-order valence-electron chi connectivity index (χ3n) is 2.65. The van der Waals surface area contributed by atoms with E-state index in [9.17, 15) is 9.18 Å². The Bertz CT molecular complexity index is 640. The number of hydrogen-bond donors (Lipinski definition) is 1. The Morgan fingerprint density at radius 1 is 1.17 bits per heavy atom. The molecular formula is C17H19FNO3PS. The maximum absolute atomic E-state index is 13.0. The van der Waals surface area contributed by atoms with E-state index in [0.717, 1.165) is 4.90 Å². The van der Waals surface area contributed by atoms with Crippen molar-refractivity contribution in [3.63, 3.8) is 0 Å². The van der Waals surface area contributed by atoms with Gasteiger partial charge < -0.3 is 9.26 Å². The lowest BCUT2D eigenvalue weighted by atomic mass is 10.3. The van der Waals surface area contributed by atoms with E-state index in [1.54, 1.807) is 26.0 Å². The average Bonchev–Trinajstić information content (AvgIpc) is 2.55. The summed E-state index contributed by atoms with van der Waals surface area (Å²) in [6.45, 7) is 3.65. The number of para-hydroxylation sites is 1. The fraction of sp³-hybridized carbons (Fsp3) is 0.235. The fourth-order valence-corrected chi connectivity index (χ4v) is 4.57. The second-order valence-electron chi connectivity index (χ2n) is 5.08. The molecule has 0 bridgehead atoms. The minimum absolute atomic E-state index is 0.0465. The van der Waals surface area contributed by atoms with E-state index < -0.39 is 7.50 Å². The number of nitrogens with one attached hydrogen (secondary N) is 1. The van der Waals surface area contributed by atoms with E-state index in [-0.39, 0.29) is 24.4 Å². The van der Waals surface area contributed by atoms with Crippen LogP contribution in [0.15, 0.2) is 59.5 Å². The first-order valence-electron chi connectivity index (χ1n) is 7.42. The zero-order chi connectivity index (χ0) is 17.4. The highest BCUT2D eigenvalue weighted by Crippen LogP contribution is 2.51. The van der Waals surface area contributed by atoms with E-state index in [1.807, 2.05) is 30.3 Å². The van der Waals surface area contributed by atoms with Gasteiger partial charge >= 0.3 is 5.97 Å². The van der Waals surface area contributed by atoms with Gasteiger partial charge in [0.15, 0.2) is 0 Å². The summed E-state index contributed by atoms with van der Waals surface area (Å²) in [5.41, 5.74) is 0. The van der Waals surface area contributed by atoms with Crippen LogP contribution in [0.25, 0.3) is 0 Å². The molecule has 1 N–H and O–H groups in total. The van der Waals surface area contributed by atoms with Crippen molar-refractivity contribution in [3.8, 4) is 5.75 Å². The van der Waals surface area contributed by atoms with Gasteiger partial charge in [0.25, 0.3) is 0 Å². The molecule has 0 amide bonds. The second kappa shape index (κ2) is 9.62. The van der Waals surface area contributed by atoms with Crippen LogP contribution in [0, 0.1) is 5.82 Å². The van der Waals surface area contributed by atoms with Crippen molar-refractivity contribution in [2.75, 3.05) is 6.54 Å². The molecule has 7 heteroatoms. The molecule has 2 rings (SSSR count). The molecule has 0 heterocycles. The van der Waals surface area contributed by atoms with Crippen molar-refractivity contribution in [2.45, 2.75) is 24.8 Å². The summed E-state index contributed by atoms with van der Waals surface area (Å²) in [6, 6.07) is 15.5. The lowest BCUT2D eigenvalue weighted by Crippen LogP contribution is -2.23. The Hall–Kier alpha value is -1.62. The van der Waals surface area contributed by atoms with Gasteiger partial charge in [-0.15, -0.1) is 0 Å². The van der Waals surface area contributed by atoms with E-state index in [2.05, 4.69) is 5.09 Å². The van der Waals surface area contributed by atoms with Crippen molar-refractivity contribution >= 4 is 24.9 Å². The maximum atomic E-state index is 13.0. The number of benzene rings is 2. The number of rotatable bonds is 8. The molecule has 1 atom stereocenters. The van der Waals surface area contributed by atoms with Gasteiger partial charge in [-0.05, 0) is 61.6 Å². The highest BCUT2D eigenvalue weighted by molar-refractivity contribution is 8.53. The Morgan fingerprint density at radius 3 is 2.46 bits per heavy atom. The molecule has 0 saturated carbocycles. The Morgan fingerprint density at radius 2 is 1.83 bits per heavy atom. The zero-order valence-corrected chi connectivity index (χ0v) is 15.1. The van der Waals surface area contributed by atoms with Crippen LogP contribution in [-0.2, 0) is 9.53 Å². The summed E-state index contributed by atoms with van der Waals surface area (Å²) in [5, 5.41) is 3.07. The van der Waals surface area contributed by atoms with E-state index in [4.69, 9.17) is 9.26 Å². The van der Waals surface area contributed by atoms with E-state index in [0.29, 0.717) is 5.75 Å². The van der Waals surface area contributed by atoms with Crippen LogP contribution in [0.5, 0.6) is 5.75 Å². The van der Waals surface area contributed by atoms with Gasteiger partial charge in [0, 0.05) is 4.90 Å². The maximum Gasteiger partial charge on any atom is 0.320 e. The van der Waals surface area contributed by atoms with Crippen molar-refractivity contribution in [3.05, 3.63) is 60.4 Å². The largest absolute Gasteiger partial charge is 0.462 e. The summed E-state index contributed by atoms with van der Waals surface area (Å²) in [5.74, 6) is 0.0675. The third-order valence-corrected chi connectivity index (χ3v) is 5.84. The standard InChI is InChI=1S/C17H19FNO3PS/c1-13(2)21-17(20)12-19-23(22-15-6-4-3-5-7-15)24-16-10-8-14(18)9-11-16/h3-11,13,19H,12H2,1-2H3. The lowest BCUT2D eigenvalue weighted by molar-refractivity contribution is -0.145. The minimum atomic E-state index is -1.24. The van der Waals surface area contributed by atoms with Crippen molar-refractivity contribution in [2.24, 2.45) is 0 Å². The molecule has 128 valence electrons. The number of carbonyl (C=O) groups excluding carboxylic acids is 1. The fourth-order valence-electron chi connectivity index (χ4n) is 1.69. The van der Waals surface area contributed by atoms with Gasteiger partial charge in [-0.1, -0.05) is 18.2 Å². The Labute approximate surface area is 146 Å². The molecule has 4 nitrogen and oxygen atoms in total. The molecule has 0 aliphatic carbocycles. The monoisotopic (exact) mass is 367 g/mol. The number of hydrogen-bond acceptors (Lipinski definition) is 5. The van der Waals surface area contributed by atoms with Crippen molar-refractivity contribution in [1.29, 1.82) is 0 Å². The molecule has 0 fully saturated rings. The van der Waals surface area contributed by atoms with Crippen LogP contribution in [0.1, 0.15) is 13.8 Å². The molecule has 0 spiro atoms. The van der Waals surface area contributed by atoms with Crippen LogP contribution in [0.4, 0.5) is 4.39 Å². The highest BCUT2D eigenvalue weighted by Gasteiger charge is 2.16. The molecule has 2 aromatic carbocycles. The first kappa shape index (κ1) is 18.7. The molecule has 24 heavy (non-hydrogen) atoms. The van der Waals surface area contributed by atoms with Crippen molar-refractivity contribution in [1.82, 2.24) is 5.09 Å². The van der Waals surface area contributed by atoms with E-state index >= 15 is 0 Å². The predicted octanol–water partition coefficient (Wildman–Crippen LogP) is 4.76. The number of halogens is 1. The van der Waals surface area contributed by atoms with Gasteiger partial charge in [0.1, 0.15) is 18.1 Å². The number of carbonyl (C=O) groups is 1. The molecular weight excluding hydrogens is 348 g/mol. The summed E-state index contributed by atoms with van der Waals surface area (Å²) in [6.07, 6.45) is -0.162. The molecule has 2 aromatic rings. The lowest BCUT2D eigenvalue weighted by Gasteiger charge is -2.18. The minimum Gasteiger partial charge on any atom is -0.462 e. The van der Waals surface area contributed by atoms with Crippen molar-refractivity contribution < 1.29 is 18.4 Å². The van der Waals surface area contributed by atoms with Crippen LogP contribution >= 0.6 is 18.9 Å². The molecule has 0 aliphatic heterocycles. The topological polar surface area (TPSA) is 47.6 Å². The number of esters is 1. The number of ether oxygens (including phenoxy) is 1. The van der Waals surface area contributed by atoms with Crippen LogP contribution < -0.4 is 9.61 Å². The molecule has 0 saturated heterocycles. The summed E-state index contributed by atoms with van der Waals surface area (Å²) >= 11 is 1.41. The average molecular weight is 367 g/mol. The molecule has 0 radical (unpaired) electrons. The Balaban J connectivity index is 2.00. The van der Waals surface area contributed by atoms with E-state index in [1.165, 1.54) is 23.5 Å². The van der Waals surface area contributed by atoms with Crippen LogP contribution in [0.3, 0.4) is 0 Å². The highest BCUT2D eigenvalue weighted by atomic mass is 32.7. The molecule has 0 aromatic heterocycles.